The van der Waals surface area contributed by atoms with E-state index in [1.165, 1.54) is 38.6 Å². The highest BCUT2D eigenvalue weighted by Crippen LogP contribution is 2.34. The second-order valence-electron chi connectivity index (χ2n) is 8.40. The van der Waals surface area contributed by atoms with Crippen LogP contribution in [-0.4, -0.2) is 73.5 Å². The molecule has 162 valence electrons. The van der Waals surface area contributed by atoms with Crippen LogP contribution in [-0.2, 0) is 4.79 Å². The first-order valence-corrected chi connectivity index (χ1v) is 11.3. The Balaban J connectivity index is 0.00000280. The fourth-order valence-corrected chi connectivity index (χ4v) is 3.88. The van der Waals surface area contributed by atoms with Crippen LogP contribution in [0.4, 0.5) is 0 Å². The minimum absolute atomic E-state index is 0. The van der Waals surface area contributed by atoms with Gasteiger partial charge in [-0.3, -0.25) is 14.7 Å². The zero-order chi connectivity index (χ0) is 18.9. The molecule has 2 aliphatic carbocycles. The van der Waals surface area contributed by atoms with Gasteiger partial charge in [0.15, 0.2) is 5.96 Å². The number of nitrogens with zero attached hydrogens (tertiary/aromatic N) is 3. The van der Waals surface area contributed by atoms with Crippen LogP contribution in [0.25, 0.3) is 0 Å². The lowest BCUT2D eigenvalue weighted by molar-refractivity contribution is -0.130. The Hall–Kier alpha value is -0.570. The largest absolute Gasteiger partial charge is 0.357 e. The fourth-order valence-electron chi connectivity index (χ4n) is 3.88. The Labute approximate surface area is 188 Å². The highest BCUT2D eigenvalue weighted by molar-refractivity contribution is 14.0. The van der Waals surface area contributed by atoms with Crippen molar-refractivity contribution in [2.45, 2.75) is 70.8 Å². The zero-order valence-electron chi connectivity index (χ0n) is 17.6. The van der Waals surface area contributed by atoms with Gasteiger partial charge in [0.2, 0.25) is 5.91 Å². The summed E-state index contributed by atoms with van der Waals surface area (Å²) in [5, 5.41) is 6.85. The van der Waals surface area contributed by atoms with E-state index in [1.54, 1.807) is 0 Å². The van der Waals surface area contributed by atoms with Crippen LogP contribution in [0.1, 0.15) is 64.7 Å². The third-order valence-electron chi connectivity index (χ3n) is 5.82. The first-order valence-electron chi connectivity index (χ1n) is 11.3. The Morgan fingerprint density at radius 2 is 2.00 bits per heavy atom. The first kappa shape index (κ1) is 23.7. The average Bonchev–Trinajstić information content (AvgIpc) is 3.54. The molecule has 1 heterocycles. The number of carbonyl (C=O) groups is 1. The maximum Gasteiger partial charge on any atom is 0.222 e. The van der Waals surface area contributed by atoms with Gasteiger partial charge in [-0.05, 0) is 57.8 Å². The molecule has 3 rings (SSSR count). The molecule has 0 atom stereocenters. The first-order chi connectivity index (χ1) is 13.3. The predicted octanol–water partition coefficient (Wildman–Crippen LogP) is 2.83. The fraction of sp³-hybridized carbons (Fsp3) is 0.905. The molecule has 0 bridgehead atoms. The van der Waals surface area contributed by atoms with E-state index in [0.29, 0.717) is 5.91 Å². The highest BCUT2D eigenvalue weighted by atomic mass is 127. The molecule has 2 saturated carbocycles. The summed E-state index contributed by atoms with van der Waals surface area (Å²) >= 11 is 0. The molecule has 1 amide bonds. The van der Waals surface area contributed by atoms with Gasteiger partial charge in [0.05, 0.1) is 0 Å². The van der Waals surface area contributed by atoms with Gasteiger partial charge >= 0.3 is 0 Å². The van der Waals surface area contributed by atoms with Crippen molar-refractivity contribution >= 4 is 35.8 Å². The van der Waals surface area contributed by atoms with Gasteiger partial charge in [0, 0.05) is 58.3 Å². The van der Waals surface area contributed by atoms with Crippen LogP contribution in [0.5, 0.6) is 0 Å². The van der Waals surface area contributed by atoms with E-state index in [4.69, 9.17) is 4.99 Å². The van der Waals surface area contributed by atoms with Crippen LogP contribution < -0.4 is 10.6 Å². The number of hydrogen-bond acceptors (Lipinski definition) is 3. The van der Waals surface area contributed by atoms with Crippen molar-refractivity contribution in [1.82, 2.24) is 20.4 Å². The SMILES string of the molecule is CCNC(=NCCCN1CCCCCC1=O)NCCN(CC1CC1)C1CC1.I. The Morgan fingerprint density at radius 3 is 2.71 bits per heavy atom. The number of guanidine groups is 1. The molecule has 6 nitrogen and oxygen atoms in total. The molecule has 3 fully saturated rings. The molecule has 3 aliphatic rings. The number of hydrogen-bond donors (Lipinski definition) is 2. The van der Waals surface area contributed by atoms with Crippen molar-refractivity contribution in [1.29, 1.82) is 0 Å². The van der Waals surface area contributed by atoms with Crippen molar-refractivity contribution < 1.29 is 4.79 Å². The number of rotatable bonds is 11. The molecular weight excluding hydrogens is 465 g/mol. The minimum Gasteiger partial charge on any atom is -0.357 e. The van der Waals surface area contributed by atoms with Crippen molar-refractivity contribution in [3.8, 4) is 0 Å². The van der Waals surface area contributed by atoms with Crippen LogP contribution in [0, 0.1) is 5.92 Å². The summed E-state index contributed by atoms with van der Waals surface area (Å²) in [4.78, 5) is 21.5. The maximum atomic E-state index is 12.1. The summed E-state index contributed by atoms with van der Waals surface area (Å²) in [6.45, 7) is 8.91. The normalized spacial score (nSPS) is 20.7. The number of halogens is 1. The predicted molar refractivity (Wildman–Crippen MR) is 126 cm³/mol. The van der Waals surface area contributed by atoms with Gasteiger partial charge < -0.3 is 15.5 Å². The molecule has 0 aromatic heterocycles. The van der Waals surface area contributed by atoms with Gasteiger partial charge in [0.1, 0.15) is 0 Å². The molecule has 7 heteroatoms. The topological polar surface area (TPSA) is 60.0 Å². The van der Waals surface area contributed by atoms with Gasteiger partial charge in [-0.15, -0.1) is 24.0 Å². The third kappa shape index (κ3) is 8.84. The summed E-state index contributed by atoms with van der Waals surface area (Å²) in [6.07, 6.45) is 10.7. The van der Waals surface area contributed by atoms with E-state index in [0.717, 1.165) is 82.9 Å². The Bertz CT molecular complexity index is 493. The number of carbonyl (C=O) groups excluding carboxylic acids is 1. The van der Waals surface area contributed by atoms with Crippen LogP contribution in [0.3, 0.4) is 0 Å². The Morgan fingerprint density at radius 1 is 1.18 bits per heavy atom. The van der Waals surface area contributed by atoms with Crippen LogP contribution >= 0.6 is 24.0 Å². The van der Waals surface area contributed by atoms with Gasteiger partial charge in [0.25, 0.3) is 0 Å². The molecule has 0 radical (unpaired) electrons. The smallest absolute Gasteiger partial charge is 0.222 e. The van der Waals surface area contributed by atoms with E-state index in [9.17, 15) is 4.79 Å². The second-order valence-corrected chi connectivity index (χ2v) is 8.40. The maximum absolute atomic E-state index is 12.1. The van der Waals surface area contributed by atoms with E-state index >= 15 is 0 Å². The second kappa shape index (κ2) is 12.9. The quantitative estimate of drug-likeness (QED) is 0.196. The lowest BCUT2D eigenvalue weighted by Gasteiger charge is -2.22. The van der Waals surface area contributed by atoms with Crippen LogP contribution in [0.2, 0.25) is 0 Å². The lowest BCUT2D eigenvalue weighted by Crippen LogP contribution is -2.42. The standard InChI is InChI=1S/C21H39N5O.HI/c1-2-22-21(23-12-6-15-25-14-5-3-4-7-20(25)27)24-13-16-26(19-10-11-19)17-18-8-9-18;/h18-19H,2-17H2,1H3,(H2,22,23,24);1H. The van der Waals surface area contributed by atoms with Crippen molar-refractivity contribution in [2.24, 2.45) is 10.9 Å². The summed E-state index contributed by atoms with van der Waals surface area (Å²) in [7, 11) is 0. The van der Waals surface area contributed by atoms with Gasteiger partial charge in [-0.25, -0.2) is 0 Å². The lowest BCUT2D eigenvalue weighted by atomic mass is 10.2. The summed E-state index contributed by atoms with van der Waals surface area (Å²) < 4.78 is 0. The molecule has 1 aliphatic heterocycles. The summed E-state index contributed by atoms with van der Waals surface area (Å²) in [5.41, 5.74) is 0. The van der Waals surface area contributed by atoms with Crippen molar-refractivity contribution in [3.63, 3.8) is 0 Å². The van der Waals surface area contributed by atoms with Gasteiger partial charge in [-0.1, -0.05) is 6.42 Å². The van der Waals surface area contributed by atoms with E-state index < -0.39 is 0 Å². The molecule has 0 unspecified atom stereocenters. The average molecular weight is 505 g/mol. The number of nitrogens with one attached hydrogen (secondary N) is 2. The monoisotopic (exact) mass is 505 g/mol. The molecule has 0 aromatic carbocycles. The number of likely N-dealkylation sites (tertiary alicyclic amines) is 1. The van der Waals surface area contributed by atoms with E-state index in [1.807, 2.05) is 4.90 Å². The minimum atomic E-state index is 0. The zero-order valence-corrected chi connectivity index (χ0v) is 20.0. The molecule has 28 heavy (non-hydrogen) atoms. The molecule has 2 N–H and O–H groups in total. The summed E-state index contributed by atoms with van der Waals surface area (Å²) in [5.74, 6) is 2.22. The third-order valence-corrected chi connectivity index (χ3v) is 5.82. The van der Waals surface area contributed by atoms with Crippen LogP contribution in [0.15, 0.2) is 4.99 Å². The van der Waals surface area contributed by atoms with Crippen molar-refractivity contribution in [2.75, 3.05) is 45.8 Å². The number of aliphatic imine (C=N–C) groups is 1. The number of amides is 1. The Kier molecular flexibility index (Phi) is 10.9. The molecule has 0 aromatic rings. The van der Waals surface area contributed by atoms with E-state index in [-0.39, 0.29) is 24.0 Å². The highest BCUT2D eigenvalue weighted by Gasteiger charge is 2.33. The molecule has 0 spiro atoms. The molecular formula is C21H40IN5O. The van der Waals surface area contributed by atoms with Gasteiger partial charge in [-0.2, -0.15) is 0 Å². The van der Waals surface area contributed by atoms with E-state index in [2.05, 4.69) is 22.5 Å². The van der Waals surface area contributed by atoms with Crippen molar-refractivity contribution in [3.05, 3.63) is 0 Å². The molecule has 1 saturated heterocycles. The summed E-state index contributed by atoms with van der Waals surface area (Å²) in [6, 6.07) is 0.845.